The Morgan fingerprint density at radius 1 is 1.38 bits per heavy atom. The zero-order chi connectivity index (χ0) is 21.1. The summed E-state index contributed by atoms with van der Waals surface area (Å²) in [6, 6.07) is 4.44. The summed E-state index contributed by atoms with van der Waals surface area (Å²) in [5, 5.41) is 20.7. The van der Waals surface area contributed by atoms with E-state index in [0.29, 0.717) is 28.7 Å². The van der Waals surface area contributed by atoms with E-state index in [0.717, 1.165) is 0 Å². The number of benzene rings is 1. The molecular formula is C18H18ClFIN3O5. The molecule has 1 aromatic heterocycles. The summed E-state index contributed by atoms with van der Waals surface area (Å²) < 4.78 is 16.4. The zero-order valence-electron chi connectivity index (χ0n) is 15.0. The van der Waals surface area contributed by atoms with Gasteiger partial charge in [0.15, 0.2) is 0 Å². The Labute approximate surface area is 183 Å². The molecule has 1 aromatic carbocycles. The third kappa shape index (κ3) is 4.56. The molecule has 0 bridgehead atoms. The van der Waals surface area contributed by atoms with Crippen molar-refractivity contribution >= 4 is 51.5 Å². The molecule has 0 spiro atoms. The van der Waals surface area contributed by atoms with Crippen molar-refractivity contribution in [2.75, 3.05) is 18.5 Å². The van der Waals surface area contributed by atoms with Crippen molar-refractivity contribution in [3.05, 3.63) is 54.2 Å². The number of fused-ring (bicyclic) bond motifs is 1. The highest BCUT2D eigenvalue weighted by Crippen LogP contribution is 2.33. The maximum absolute atomic E-state index is 14.3. The van der Waals surface area contributed by atoms with Gasteiger partial charge in [0.2, 0.25) is 0 Å². The van der Waals surface area contributed by atoms with Crippen LogP contribution in [0.5, 0.6) is 0 Å². The fourth-order valence-electron chi connectivity index (χ4n) is 3.05. The van der Waals surface area contributed by atoms with Gasteiger partial charge in [-0.1, -0.05) is 11.6 Å². The number of aliphatic hydroxyl groups is 2. The van der Waals surface area contributed by atoms with Crippen molar-refractivity contribution in [2.45, 2.75) is 25.5 Å². The number of hydroxylamine groups is 1. The first kappa shape index (κ1) is 22.0. The Morgan fingerprint density at radius 3 is 2.76 bits per heavy atom. The molecule has 3 rings (SSSR count). The van der Waals surface area contributed by atoms with Crippen molar-refractivity contribution in [1.29, 1.82) is 0 Å². The van der Waals surface area contributed by atoms with E-state index < -0.39 is 36.6 Å². The summed E-state index contributed by atoms with van der Waals surface area (Å²) >= 11 is 8.22. The molecule has 0 atom stereocenters. The Bertz CT molecular complexity index is 996. The highest BCUT2D eigenvalue weighted by atomic mass is 127. The number of amides is 1. The van der Waals surface area contributed by atoms with Gasteiger partial charge in [0.25, 0.3) is 11.5 Å². The van der Waals surface area contributed by atoms with Gasteiger partial charge in [0, 0.05) is 15.8 Å². The normalized spacial score (nSPS) is 12.9. The molecule has 1 aliphatic heterocycles. The van der Waals surface area contributed by atoms with Crippen LogP contribution in [0.1, 0.15) is 22.5 Å². The number of anilines is 2. The minimum absolute atomic E-state index is 0.0319. The van der Waals surface area contributed by atoms with E-state index in [1.165, 1.54) is 16.7 Å². The van der Waals surface area contributed by atoms with Crippen LogP contribution in [0.4, 0.5) is 15.8 Å². The predicted molar refractivity (Wildman–Crippen MR) is 113 cm³/mol. The number of carbonyl (C=O) groups excluding carboxylic acids is 1. The van der Waals surface area contributed by atoms with Crippen molar-refractivity contribution in [2.24, 2.45) is 0 Å². The number of carbonyl (C=O) groups is 1. The van der Waals surface area contributed by atoms with Crippen LogP contribution in [0.2, 0.25) is 5.02 Å². The Morgan fingerprint density at radius 2 is 2.10 bits per heavy atom. The monoisotopic (exact) mass is 537 g/mol. The Hall–Kier alpha value is -1.73. The van der Waals surface area contributed by atoms with Crippen molar-refractivity contribution < 1.29 is 24.2 Å². The highest BCUT2D eigenvalue weighted by molar-refractivity contribution is 14.1. The molecule has 0 saturated heterocycles. The van der Waals surface area contributed by atoms with Crippen LogP contribution in [0.15, 0.2) is 23.0 Å². The summed E-state index contributed by atoms with van der Waals surface area (Å²) in [5.74, 6) is -1.31. The lowest BCUT2D eigenvalue weighted by atomic mass is 10.1. The number of pyridine rings is 1. The molecule has 0 radical (unpaired) electrons. The van der Waals surface area contributed by atoms with Gasteiger partial charge >= 0.3 is 0 Å². The van der Waals surface area contributed by atoms with E-state index in [2.05, 4.69) is 10.8 Å². The third-order valence-electron chi connectivity index (χ3n) is 4.46. The lowest BCUT2D eigenvalue weighted by Crippen LogP contribution is -2.35. The Balaban J connectivity index is 2.06. The van der Waals surface area contributed by atoms with Gasteiger partial charge in [0.05, 0.1) is 30.2 Å². The predicted octanol–water partition coefficient (Wildman–Crippen LogP) is 1.95. The minimum Gasteiger partial charge on any atom is -0.393 e. The summed E-state index contributed by atoms with van der Waals surface area (Å²) in [4.78, 5) is 30.5. The number of aromatic nitrogens is 1. The van der Waals surface area contributed by atoms with Crippen LogP contribution >= 0.6 is 34.2 Å². The molecular weight excluding hydrogens is 520 g/mol. The maximum Gasteiger partial charge on any atom is 0.278 e. The van der Waals surface area contributed by atoms with E-state index in [1.54, 1.807) is 6.07 Å². The molecule has 2 aromatic rings. The maximum atomic E-state index is 14.3. The fourth-order valence-corrected chi connectivity index (χ4v) is 3.74. The second-order valence-electron chi connectivity index (χ2n) is 6.36. The van der Waals surface area contributed by atoms with Gasteiger partial charge in [-0.25, -0.2) is 9.87 Å². The van der Waals surface area contributed by atoms with Crippen molar-refractivity contribution in [3.8, 4) is 0 Å². The molecule has 4 N–H and O–H groups in total. The summed E-state index contributed by atoms with van der Waals surface area (Å²) in [5.41, 5.74) is 2.18. The van der Waals surface area contributed by atoms with Crippen LogP contribution in [-0.4, -0.2) is 40.0 Å². The van der Waals surface area contributed by atoms with Crippen LogP contribution in [0.25, 0.3) is 0 Å². The largest absolute Gasteiger partial charge is 0.393 e. The average molecular weight is 538 g/mol. The number of nitrogens with zero attached hydrogens (tertiary/aromatic N) is 1. The van der Waals surface area contributed by atoms with Gasteiger partial charge < -0.3 is 20.1 Å². The van der Waals surface area contributed by atoms with Gasteiger partial charge in [0.1, 0.15) is 16.9 Å². The molecule has 29 heavy (non-hydrogen) atoms. The van der Waals surface area contributed by atoms with Gasteiger partial charge in [-0.05, 0) is 53.6 Å². The topological polar surface area (TPSA) is 113 Å². The van der Waals surface area contributed by atoms with Crippen molar-refractivity contribution in [1.82, 2.24) is 10.0 Å². The SMILES string of the molecule is O=C(NOC(CO)CO)c1c(Nc2ccc(I)cc2F)c(Cl)c(=O)n2c1CCC2. The minimum atomic E-state index is -1.01. The fraction of sp³-hybridized carbons (Fsp3) is 0.333. The first-order valence-corrected chi connectivity index (χ1v) is 10.2. The lowest BCUT2D eigenvalue weighted by Gasteiger charge is -2.19. The summed E-state index contributed by atoms with van der Waals surface area (Å²) in [6.45, 7) is -0.616. The summed E-state index contributed by atoms with van der Waals surface area (Å²) in [7, 11) is 0. The standard InChI is InChI=1S/C18H18ClFIN3O5/c19-15-16(22-12-4-3-9(21)6-11(12)20)14(13-2-1-5-24(13)18(15)28)17(27)23-29-10(7-25)8-26/h3-4,6,10,22,25-26H,1-2,5,7-8H2,(H,23,27). The number of halogens is 3. The summed E-state index contributed by atoms with van der Waals surface area (Å²) in [6.07, 6.45) is 0.0748. The molecule has 0 fully saturated rings. The van der Waals surface area contributed by atoms with Crippen molar-refractivity contribution in [3.63, 3.8) is 0 Å². The van der Waals surface area contributed by atoms with E-state index in [1.807, 2.05) is 22.6 Å². The first-order valence-electron chi connectivity index (χ1n) is 8.72. The smallest absolute Gasteiger partial charge is 0.278 e. The van der Waals surface area contributed by atoms with E-state index >= 15 is 0 Å². The second kappa shape index (κ2) is 9.39. The van der Waals surface area contributed by atoms with E-state index in [-0.39, 0.29) is 22.0 Å². The second-order valence-corrected chi connectivity index (χ2v) is 7.98. The molecule has 1 amide bonds. The molecule has 0 unspecified atom stereocenters. The average Bonchev–Trinajstić information content (AvgIpc) is 3.18. The van der Waals surface area contributed by atoms with Crippen LogP contribution in [0, 0.1) is 9.39 Å². The molecule has 1 aliphatic rings. The lowest BCUT2D eigenvalue weighted by molar-refractivity contribution is -0.0619. The molecule has 2 heterocycles. The highest BCUT2D eigenvalue weighted by Gasteiger charge is 2.29. The first-order chi connectivity index (χ1) is 13.9. The third-order valence-corrected chi connectivity index (χ3v) is 5.48. The number of nitrogens with one attached hydrogen (secondary N) is 2. The van der Waals surface area contributed by atoms with Crippen LogP contribution in [-0.2, 0) is 17.8 Å². The zero-order valence-corrected chi connectivity index (χ0v) is 18.0. The van der Waals surface area contributed by atoms with Gasteiger partial charge in [-0.2, -0.15) is 0 Å². The van der Waals surface area contributed by atoms with E-state index in [4.69, 9.17) is 26.7 Å². The van der Waals surface area contributed by atoms with Crippen LogP contribution < -0.4 is 16.4 Å². The molecule has 0 saturated carbocycles. The van der Waals surface area contributed by atoms with Gasteiger partial charge in [-0.15, -0.1) is 0 Å². The molecule has 0 aliphatic carbocycles. The molecule has 11 heteroatoms. The number of rotatable bonds is 7. The number of hydrogen-bond acceptors (Lipinski definition) is 6. The van der Waals surface area contributed by atoms with E-state index in [9.17, 15) is 14.0 Å². The molecule has 156 valence electrons. The van der Waals surface area contributed by atoms with Gasteiger partial charge in [-0.3, -0.25) is 14.4 Å². The quantitative estimate of drug-likeness (QED) is 0.317. The number of hydrogen-bond donors (Lipinski definition) is 4. The molecule has 8 nitrogen and oxygen atoms in total. The van der Waals surface area contributed by atoms with Crippen LogP contribution in [0.3, 0.4) is 0 Å². The Kier molecular flexibility index (Phi) is 7.11. The number of aliphatic hydroxyl groups excluding tert-OH is 2.